The fourth-order valence-corrected chi connectivity index (χ4v) is 1.20. The number of carbonyl (C=O) groups excluding carboxylic acids is 1. The molecule has 1 N–H and O–H groups in total. The number of amides is 1. The average molecular weight is 215 g/mol. The van der Waals surface area contributed by atoms with Crippen molar-refractivity contribution in [3.05, 3.63) is 0 Å². The average Bonchev–Trinajstić information content (AvgIpc) is 2.07. The summed E-state index contributed by atoms with van der Waals surface area (Å²) in [5.41, 5.74) is -0.141. The van der Waals surface area contributed by atoms with E-state index in [1.54, 1.807) is 0 Å². The van der Waals surface area contributed by atoms with Crippen molar-refractivity contribution in [3.8, 4) is 0 Å². The Balaban J connectivity index is 2.14. The van der Waals surface area contributed by atoms with Gasteiger partial charge in [-0.05, 0) is 20.8 Å². The summed E-state index contributed by atoms with van der Waals surface area (Å²) in [6, 6.07) is 0. The van der Waals surface area contributed by atoms with Crippen LogP contribution in [0, 0.1) is 5.41 Å². The number of hydrogen-bond acceptors (Lipinski definition) is 3. The quantitative estimate of drug-likeness (QED) is 0.759. The van der Waals surface area contributed by atoms with E-state index in [4.69, 9.17) is 9.47 Å². The van der Waals surface area contributed by atoms with Crippen molar-refractivity contribution in [1.29, 1.82) is 0 Å². The Morgan fingerprint density at radius 1 is 1.47 bits per heavy atom. The fraction of sp³-hybridized carbons (Fsp3) is 0.909. The van der Waals surface area contributed by atoms with Crippen LogP contribution in [0.3, 0.4) is 0 Å². The Kier molecular flexibility index (Phi) is 3.73. The molecule has 0 spiro atoms. The van der Waals surface area contributed by atoms with Crippen molar-refractivity contribution >= 4 is 5.91 Å². The van der Waals surface area contributed by atoms with Gasteiger partial charge in [-0.1, -0.05) is 6.92 Å². The minimum atomic E-state index is -0.263. The van der Waals surface area contributed by atoms with Gasteiger partial charge in [-0.3, -0.25) is 4.79 Å². The standard InChI is InChI=1S/C11H21NO3/c1-10(2,3)15-5-9(13)12-6-11(4)7-14-8-11/h5-8H2,1-4H3,(H,12,13). The summed E-state index contributed by atoms with van der Waals surface area (Å²) in [6.45, 7) is 10.1. The predicted molar refractivity (Wildman–Crippen MR) is 57.6 cm³/mol. The zero-order chi connectivity index (χ0) is 11.5. The molecular weight excluding hydrogens is 194 g/mol. The number of carbonyl (C=O) groups is 1. The van der Waals surface area contributed by atoms with E-state index in [2.05, 4.69) is 12.2 Å². The van der Waals surface area contributed by atoms with Crippen molar-refractivity contribution in [3.63, 3.8) is 0 Å². The zero-order valence-electron chi connectivity index (χ0n) is 10.1. The van der Waals surface area contributed by atoms with E-state index in [0.717, 1.165) is 13.2 Å². The number of ether oxygens (including phenoxy) is 2. The molecule has 1 heterocycles. The smallest absolute Gasteiger partial charge is 0.246 e. The first-order valence-electron chi connectivity index (χ1n) is 5.29. The largest absolute Gasteiger partial charge is 0.380 e. The van der Waals surface area contributed by atoms with Crippen LogP contribution in [-0.2, 0) is 14.3 Å². The third kappa shape index (κ3) is 4.62. The van der Waals surface area contributed by atoms with Crippen LogP contribution in [0.5, 0.6) is 0 Å². The second-order valence-electron chi connectivity index (χ2n) is 5.48. The summed E-state index contributed by atoms with van der Waals surface area (Å²) in [6.07, 6.45) is 0. The third-order valence-electron chi connectivity index (χ3n) is 2.25. The molecule has 0 aromatic heterocycles. The molecule has 0 saturated carbocycles. The molecule has 4 heteroatoms. The van der Waals surface area contributed by atoms with E-state index in [1.165, 1.54) is 0 Å². The molecule has 1 amide bonds. The lowest BCUT2D eigenvalue weighted by molar-refractivity contribution is -0.135. The minimum Gasteiger partial charge on any atom is -0.380 e. The lowest BCUT2D eigenvalue weighted by Crippen LogP contribution is -2.49. The van der Waals surface area contributed by atoms with Crippen LogP contribution in [0.2, 0.25) is 0 Å². The molecular formula is C11H21NO3. The molecule has 4 nitrogen and oxygen atoms in total. The Hall–Kier alpha value is -0.610. The Bertz CT molecular complexity index is 228. The molecule has 1 rings (SSSR count). The van der Waals surface area contributed by atoms with Gasteiger partial charge in [0.1, 0.15) is 6.61 Å². The molecule has 1 aliphatic rings. The first kappa shape index (κ1) is 12.5. The highest BCUT2D eigenvalue weighted by Crippen LogP contribution is 2.24. The molecule has 0 unspecified atom stereocenters. The molecule has 0 aromatic carbocycles. The molecule has 0 aliphatic carbocycles. The normalized spacial score (nSPS) is 19.5. The van der Waals surface area contributed by atoms with Gasteiger partial charge in [0, 0.05) is 12.0 Å². The highest BCUT2D eigenvalue weighted by molar-refractivity contribution is 5.77. The summed E-state index contributed by atoms with van der Waals surface area (Å²) in [5.74, 6) is -0.0574. The first-order valence-corrected chi connectivity index (χ1v) is 5.29. The van der Waals surface area contributed by atoms with E-state index < -0.39 is 0 Å². The maximum Gasteiger partial charge on any atom is 0.246 e. The van der Waals surface area contributed by atoms with Gasteiger partial charge < -0.3 is 14.8 Å². The fourth-order valence-electron chi connectivity index (χ4n) is 1.20. The van der Waals surface area contributed by atoms with Crippen molar-refractivity contribution in [1.82, 2.24) is 5.32 Å². The van der Waals surface area contributed by atoms with Gasteiger partial charge in [0.25, 0.3) is 0 Å². The van der Waals surface area contributed by atoms with Gasteiger partial charge in [-0.15, -0.1) is 0 Å². The molecule has 0 radical (unpaired) electrons. The lowest BCUT2D eigenvalue weighted by atomic mass is 9.89. The molecule has 1 fully saturated rings. The topological polar surface area (TPSA) is 47.6 Å². The molecule has 0 atom stereocenters. The SMILES string of the molecule is CC1(CNC(=O)COC(C)(C)C)COC1. The highest BCUT2D eigenvalue weighted by atomic mass is 16.5. The maximum atomic E-state index is 11.4. The van der Waals surface area contributed by atoms with E-state index in [1.807, 2.05) is 20.8 Å². The zero-order valence-corrected chi connectivity index (χ0v) is 10.1. The number of nitrogens with one attached hydrogen (secondary N) is 1. The van der Waals surface area contributed by atoms with Crippen LogP contribution in [0.25, 0.3) is 0 Å². The molecule has 0 bridgehead atoms. The van der Waals surface area contributed by atoms with Gasteiger partial charge in [-0.2, -0.15) is 0 Å². The summed E-state index contributed by atoms with van der Waals surface area (Å²) >= 11 is 0. The predicted octanol–water partition coefficient (Wildman–Crippen LogP) is 0.954. The van der Waals surface area contributed by atoms with Crippen LogP contribution >= 0.6 is 0 Å². The van der Waals surface area contributed by atoms with E-state index in [-0.39, 0.29) is 23.5 Å². The Morgan fingerprint density at radius 3 is 2.47 bits per heavy atom. The monoisotopic (exact) mass is 215 g/mol. The summed E-state index contributed by atoms with van der Waals surface area (Å²) in [5, 5.41) is 2.85. The summed E-state index contributed by atoms with van der Waals surface area (Å²) < 4.78 is 10.5. The number of rotatable bonds is 4. The van der Waals surface area contributed by atoms with Crippen molar-refractivity contribution in [2.24, 2.45) is 5.41 Å². The molecule has 0 aromatic rings. The Morgan fingerprint density at radius 2 is 2.07 bits per heavy atom. The lowest BCUT2D eigenvalue weighted by Gasteiger charge is -2.38. The van der Waals surface area contributed by atoms with Crippen molar-refractivity contribution in [2.75, 3.05) is 26.4 Å². The Labute approximate surface area is 91.3 Å². The highest BCUT2D eigenvalue weighted by Gasteiger charge is 2.33. The van der Waals surface area contributed by atoms with E-state index >= 15 is 0 Å². The van der Waals surface area contributed by atoms with Gasteiger partial charge in [0.05, 0.1) is 18.8 Å². The van der Waals surface area contributed by atoms with E-state index in [0.29, 0.717) is 6.54 Å². The maximum absolute atomic E-state index is 11.4. The van der Waals surface area contributed by atoms with Crippen LogP contribution in [0.15, 0.2) is 0 Å². The third-order valence-corrected chi connectivity index (χ3v) is 2.25. The second kappa shape index (κ2) is 4.49. The minimum absolute atomic E-state index is 0.0574. The summed E-state index contributed by atoms with van der Waals surface area (Å²) in [4.78, 5) is 11.4. The van der Waals surface area contributed by atoms with Crippen LogP contribution in [0.1, 0.15) is 27.7 Å². The van der Waals surface area contributed by atoms with Gasteiger partial charge in [0.15, 0.2) is 0 Å². The summed E-state index contributed by atoms with van der Waals surface area (Å²) in [7, 11) is 0. The van der Waals surface area contributed by atoms with Gasteiger partial charge >= 0.3 is 0 Å². The van der Waals surface area contributed by atoms with Crippen molar-refractivity contribution in [2.45, 2.75) is 33.3 Å². The molecule has 1 aliphatic heterocycles. The van der Waals surface area contributed by atoms with Crippen LogP contribution < -0.4 is 5.32 Å². The molecule has 88 valence electrons. The molecule has 1 saturated heterocycles. The van der Waals surface area contributed by atoms with Crippen LogP contribution in [0.4, 0.5) is 0 Å². The van der Waals surface area contributed by atoms with Crippen molar-refractivity contribution < 1.29 is 14.3 Å². The van der Waals surface area contributed by atoms with Gasteiger partial charge in [-0.25, -0.2) is 0 Å². The molecule has 15 heavy (non-hydrogen) atoms. The number of hydrogen-bond donors (Lipinski definition) is 1. The van der Waals surface area contributed by atoms with Crippen LogP contribution in [-0.4, -0.2) is 37.9 Å². The van der Waals surface area contributed by atoms with E-state index in [9.17, 15) is 4.79 Å². The second-order valence-corrected chi connectivity index (χ2v) is 5.48. The first-order chi connectivity index (χ1) is 6.81. The van der Waals surface area contributed by atoms with Gasteiger partial charge in [0.2, 0.25) is 5.91 Å².